The number of hydrogen-bond acceptors (Lipinski definition) is 5. The largest absolute Gasteiger partial charge is 1.00 e. The van der Waals surface area contributed by atoms with Crippen LogP contribution in [0.15, 0.2) is 54.6 Å². The Morgan fingerprint density at radius 2 is 1.43 bits per heavy atom. The van der Waals surface area contributed by atoms with Crippen molar-refractivity contribution in [1.82, 2.24) is 0 Å². The Bertz CT molecular complexity index is 532. The molecule has 2 rings (SSSR count). The molecular formula is C14H15NaO6. The van der Waals surface area contributed by atoms with Crippen LogP contribution in [0.4, 0.5) is 0 Å². The summed E-state index contributed by atoms with van der Waals surface area (Å²) in [5, 5.41) is 36.8. The Kier molecular flexibility index (Phi) is 11.5. The van der Waals surface area contributed by atoms with Crippen molar-refractivity contribution in [3.63, 3.8) is 0 Å². The van der Waals surface area contributed by atoms with E-state index in [1.165, 1.54) is 24.3 Å². The average molecular weight is 302 g/mol. The molecule has 0 amide bonds. The van der Waals surface area contributed by atoms with E-state index < -0.39 is 12.1 Å². The normalized spacial score (nSPS) is 9.95. The van der Waals surface area contributed by atoms with E-state index in [0.717, 1.165) is 0 Å². The Morgan fingerprint density at radius 1 is 0.952 bits per heavy atom. The third-order valence-corrected chi connectivity index (χ3v) is 2.21. The quantitative estimate of drug-likeness (QED) is 0.501. The van der Waals surface area contributed by atoms with Crippen molar-refractivity contribution in [3.8, 4) is 11.5 Å². The molecule has 108 valence electrons. The van der Waals surface area contributed by atoms with E-state index >= 15 is 0 Å². The van der Waals surface area contributed by atoms with Crippen molar-refractivity contribution < 1.29 is 60.3 Å². The molecular weight excluding hydrogens is 287 g/mol. The molecule has 1 unspecified atom stereocenters. The molecule has 0 aromatic heterocycles. The summed E-state index contributed by atoms with van der Waals surface area (Å²) < 4.78 is 0. The first-order valence-corrected chi connectivity index (χ1v) is 5.43. The summed E-state index contributed by atoms with van der Waals surface area (Å²) in [6.45, 7) is 0. The molecule has 0 saturated carbocycles. The topological polar surface area (TPSA) is 132 Å². The number of phenols is 2. The zero-order valence-corrected chi connectivity index (χ0v) is 13.4. The van der Waals surface area contributed by atoms with Gasteiger partial charge in [-0.1, -0.05) is 36.4 Å². The molecule has 0 spiro atoms. The summed E-state index contributed by atoms with van der Waals surface area (Å²) in [7, 11) is 0. The summed E-state index contributed by atoms with van der Waals surface area (Å²) >= 11 is 0. The molecule has 21 heavy (non-hydrogen) atoms. The standard InChI is InChI=1S/C8H8O4.C6H6O.Na.H2O/c9-6-4-2-1-3-5(6)7(10)8(11)12;7-6-4-2-1-3-5-6;;/h1-4,7,9-10H,(H,11,12);1-5,7H;;1H2/q;;+1;/p-1. The number of aliphatic hydroxyl groups is 1. The van der Waals surface area contributed by atoms with Crippen LogP contribution in [0.3, 0.4) is 0 Å². The third kappa shape index (κ3) is 7.69. The number of aliphatic hydroxyl groups excluding tert-OH is 1. The first kappa shape index (κ1) is 21.7. The smallest absolute Gasteiger partial charge is 0.547 e. The maximum absolute atomic E-state index is 10.2. The van der Waals surface area contributed by atoms with Crippen molar-refractivity contribution in [2.45, 2.75) is 6.10 Å². The fourth-order valence-electron chi connectivity index (χ4n) is 1.27. The second kappa shape index (κ2) is 11.1. The molecule has 0 aliphatic heterocycles. The van der Waals surface area contributed by atoms with Crippen molar-refractivity contribution >= 4 is 5.97 Å². The van der Waals surface area contributed by atoms with Gasteiger partial charge >= 0.3 is 29.6 Å². The average Bonchev–Trinajstić information content (AvgIpc) is 2.40. The van der Waals surface area contributed by atoms with Gasteiger partial charge in [-0.2, -0.15) is 0 Å². The molecule has 0 aliphatic rings. The summed E-state index contributed by atoms with van der Waals surface area (Å²) in [4.78, 5) is 10.2. The van der Waals surface area contributed by atoms with Gasteiger partial charge in [0.1, 0.15) is 17.6 Å². The summed E-state index contributed by atoms with van der Waals surface area (Å²) in [5.41, 5.74) is -0.0579. The summed E-state index contributed by atoms with van der Waals surface area (Å²) in [6.07, 6.45) is -1.77. The van der Waals surface area contributed by atoms with E-state index in [2.05, 4.69) is 0 Å². The van der Waals surface area contributed by atoms with Crippen molar-refractivity contribution in [3.05, 3.63) is 60.2 Å². The monoisotopic (exact) mass is 302 g/mol. The first-order valence-electron chi connectivity index (χ1n) is 5.43. The van der Waals surface area contributed by atoms with E-state index in [4.69, 9.17) is 15.3 Å². The fourth-order valence-corrected chi connectivity index (χ4v) is 1.27. The molecule has 0 aliphatic carbocycles. The van der Waals surface area contributed by atoms with E-state index in [9.17, 15) is 9.90 Å². The number of carboxylic acids is 1. The molecule has 7 heteroatoms. The zero-order valence-electron chi connectivity index (χ0n) is 11.4. The third-order valence-electron chi connectivity index (χ3n) is 2.21. The number of aromatic hydroxyl groups is 2. The van der Waals surface area contributed by atoms with Gasteiger partial charge in [-0.05, 0) is 18.2 Å². The molecule has 0 heterocycles. The van der Waals surface area contributed by atoms with Crippen LogP contribution in [0.2, 0.25) is 0 Å². The van der Waals surface area contributed by atoms with Gasteiger partial charge in [-0.25, -0.2) is 0 Å². The molecule has 5 N–H and O–H groups in total. The van der Waals surface area contributed by atoms with Crippen molar-refractivity contribution in [1.29, 1.82) is 0 Å². The number of aliphatic carboxylic acids is 1. The maximum atomic E-state index is 10.2. The number of hydrogen-bond donors (Lipinski definition) is 3. The van der Waals surface area contributed by atoms with Crippen LogP contribution >= 0.6 is 0 Å². The predicted octanol–water partition coefficient (Wildman–Crippen LogP) is -3.25. The van der Waals surface area contributed by atoms with Crippen molar-refractivity contribution in [2.75, 3.05) is 0 Å². The second-order valence-corrected chi connectivity index (χ2v) is 3.62. The number of carbonyl (C=O) groups excluding carboxylic acids is 1. The van der Waals surface area contributed by atoms with Gasteiger partial charge < -0.3 is 30.7 Å². The number of phenolic OH excluding ortho intramolecular Hbond substituents is 2. The Hall–Kier alpha value is -1.57. The van der Waals surface area contributed by atoms with Gasteiger partial charge in [0.15, 0.2) is 0 Å². The molecule has 0 fully saturated rings. The Labute approximate surface area is 143 Å². The second-order valence-electron chi connectivity index (χ2n) is 3.62. The number of para-hydroxylation sites is 2. The van der Waals surface area contributed by atoms with E-state index in [1.54, 1.807) is 24.3 Å². The molecule has 0 radical (unpaired) electrons. The Morgan fingerprint density at radius 3 is 1.81 bits per heavy atom. The molecule has 2 aromatic rings. The zero-order chi connectivity index (χ0) is 14.3. The number of rotatable bonds is 2. The van der Waals surface area contributed by atoms with E-state index in [-0.39, 0.29) is 46.3 Å². The van der Waals surface area contributed by atoms with Crippen LogP contribution in [0.1, 0.15) is 11.7 Å². The number of carbonyl (C=O) groups is 1. The van der Waals surface area contributed by atoms with Crippen LogP contribution < -0.4 is 34.7 Å². The molecule has 2 aromatic carbocycles. The molecule has 0 bridgehead atoms. The van der Waals surface area contributed by atoms with E-state index in [1.807, 2.05) is 6.07 Å². The maximum Gasteiger partial charge on any atom is 1.00 e. The van der Waals surface area contributed by atoms with Gasteiger partial charge in [0.05, 0.1) is 5.97 Å². The van der Waals surface area contributed by atoms with Crippen molar-refractivity contribution in [2.24, 2.45) is 0 Å². The SMILES string of the molecule is O.O=C([O-])C(O)c1ccccc1O.Oc1ccccc1.[Na+]. The van der Waals surface area contributed by atoms with Gasteiger partial charge in [0.25, 0.3) is 0 Å². The fraction of sp³-hybridized carbons (Fsp3) is 0.0714. The summed E-state index contributed by atoms with van der Waals surface area (Å²) in [5.74, 6) is -1.56. The van der Waals surface area contributed by atoms with E-state index in [0.29, 0.717) is 5.75 Å². The van der Waals surface area contributed by atoms with Crippen LogP contribution in [0, 0.1) is 0 Å². The molecule has 1 atom stereocenters. The van der Waals surface area contributed by atoms with Gasteiger partial charge in [-0.3, -0.25) is 0 Å². The minimum Gasteiger partial charge on any atom is -0.547 e. The molecule has 0 saturated heterocycles. The van der Waals surface area contributed by atoms with Gasteiger partial charge in [0, 0.05) is 5.56 Å². The van der Waals surface area contributed by atoms with Crippen LogP contribution in [-0.4, -0.2) is 26.8 Å². The number of carboxylic acid groups (broad SMARTS) is 1. The van der Waals surface area contributed by atoms with Crippen LogP contribution in [0.25, 0.3) is 0 Å². The minimum absolute atomic E-state index is 0. The molecule has 6 nitrogen and oxygen atoms in total. The first-order chi connectivity index (χ1) is 9.02. The van der Waals surface area contributed by atoms with Gasteiger partial charge in [-0.15, -0.1) is 0 Å². The number of benzene rings is 2. The summed E-state index contributed by atoms with van der Waals surface area (Å²) in [6, 6.07) is 14.4. The Balaban J connectivity index is 0. The predicted molar refractivity (Wildman–Crippen MR) is 69.8 cm³/mol. The van der Waals surface area contributed by atoms with Crippen LogP contribution in [0.5, 0.6) is 11.5 Å². The van der Waals surface area contributed by atoms with Crippen LogP contribution in [-0.2, 0) is 4.79 Å². The minimum atomic E-state index is -1.77. The van der Waals surface area contributed by atoms with Gasteiger partial charge in [0.2, 0.25) is 0 Å².